The molecule has 1 heterocycles. The number of benzene rings is 1. The fourth-order valence-corrected chi connectivity index (χ4v) is 2.43. The van der Waals surface area contributed by atoms with E-state index in [-0.39, 0.29) is 4.90 Å². The monoisotopic (exact) mass is 266 g/mol. The molecule has 0 atom stereocenters. The van der Waals surface area contributed by atoms with Crippen LogP contribution in [-0.2, 0) is 10.0 Å². The molecule has 94 valence electrons. The van der Waals surface area contributed by atoms with E-state index >= 15 is 0 Å². The minimum Gasteiger partial charge on any atom is -0.278 e. The van der Waals surface area contributed by atoms with Gasteiger partial charge >= 0.3 is 0 Å². The molecule has 4 nitrogen and oxygen atoms in total. The SMILES string of the molecule is Cc1ccc(S(=O)(=O)Nc2cccnc2)cc1F. The first-order valence-corrected chi connectivity index (χ1v) is 6.66. The summed E-state index contributed by atoms with van der Waals surface area (Å²) in [6, 6.07) is 6.95. The summed E-state index contributed by atoms with van der Waals surface area (Å²) in [5.41, 5.74) is 0.730. The number of hydrogen-bond donors (Lipinski definition) is 1. The highest BCUT2D eigenvalue weighted by molar-refractivity contribution is 7.92. The van der Waals surface area contributed by atoms with Gasteiger partial charge in [-0.05, 0) is 36.8 Å². The first kappa shape index (κ1) is 12.5. The van der Waals surface area contributed by atoms with Gasteiger partial charge in [-0.3, -0.25) is 9.71 Å². The van der Waals surface area contributed by atoms with Gasteiger partial charge in [0, 0.05) is 6.20 Å². The summed E-state index contributed by atoms with van der Waals surface area (Å²) in [4.78, 5) is 3.68. The standard InChI is InChI=1S/C12H11FN2O2S/c1-9-4-5-11(7-12(9)13)18(16,17)15-10-3-2-6-14-8-10/h2-8,15H,1H3. The maximum absolute atomic E-state index is 13.3. The summed E-state index contributed by atoms with van der Waals surface area (Å²) in [5.74, 6) is -0.552. The van der Waals surface area contributed by atoms with Crippen molar-refractivity contribution in [3.8, 4) is 0 Å². The van der Waals surface area contributed by atoms with Crippen LogP contribution in [0.1, 0.15) is 5.56 Å². The van der Waals surface area contributed by atoms with E-state index in [4.69, 9.17) is 0 Å². The first-order chi connectivity index (χ1) is 8.49. The highest BCUT2D eigenvalue weighted by atomic mass is 32.2. The van der Waals surface area contributed by atoms with E-state index in [1.807, 2.05) is 0 Å². The third-order valence-electron chi connectivity index (χ3n) is 2.37. The summed E-state index contributed by atoms with van der Waals surface area (Å²) in [5, 5.41) is 0. The second-order valence-corrected chi connectivity index (χ2v) is 5.44. The fraction of sp³-hybridized carbons (Fsp3) is 0.0833. The van der Waals surface area contributed by atoms with Gasteiger partial charge in [-0.1, -0.05) is 6.07 Å². The van der Waals surface area contributed by atoms with Crippen molar-refractivity contribution in [1.29, 1.82) is 0 Å². The number of hydrogen-bond acceptors (Lipinski definition) is 3. The van der Waals surface area contributed by atoms with Gasteiger partial charge in [-0.25, -0.2) is 12.8 Å². The number of nitrogens with one attached hydrogen (secondary N) is 1. The van der Waals surface area contributed by atoms with E-state index in [0.29, 0.717) is 11.3 Å². The molecular formula is C12H11FN2O2S. The predicted molar refractivity (Wildman–Crippen MR) is 66.2 cm³/mol. The minimum absolute atomic E-state index is 0.116. The van der Waals surface area contributed by atoms with Crippen LogP contribution in [0.3, 0.4) is 0 Å². The van der Waals surface area contributed by atoms with Gasteiger partial charge in [0.15, 0.2) is 0 Å². The zero-order valence-electron chi connectivity index (χ0n) is 9.59. The largest absolute Gasteiger partial charge is 0.278 e. The second-order valence-electron chi connectivity index (χ2n) is 3.76. The van der Waals surface area contributed by atoms with Crippen molar-refractivity contribution in [3.63, 3.8) is 0 Å². The Morgan fingerprint density at radius 3 is 2.67 bits per heavy atom. The lowest BCUT2D eigenvalue weighted by atomic mass is 10.2. The van der Waals surface area contributed by atoms with Crippen molar-refractivity contribution in [2.45, 2.75) is 11.8 Å². The molecule has 0 bridgehead atoms. The summed E-state index contributed by atoms with van der Waals surface area (Å²) in [6.45, 7) is 1.57. The minimum atomic E-state index is -3.78. The number of aryl methyl sites for hydroxylation is 1. The van der Waals surface area contributed by atoms with E-state index in [1.165, 1.54) is 24.5 Å². The molecule has 0 fully saturated rings. The van der Waals surface area contributed by atoms with E-state index in [9.17, 15) is 12.8 Å². The lowest BCUT2D eigenvalue weighted by molar-refractivity contribution is 0.593. The molecule has 2 rings (SSSR count). The Labute approximate surface area is 105 Å². The van der Waals surface area contributed by atoms with Crippen LogP contribution in [-0.4, -0.2) is 13.4 Å². The molecule has 0 amide bonds. The molecule has 0 unspecified atom stereocenters. The summed E-state index contributed by atoms with van der Waals surface area (Å²) >= 11 is 0. The predicted octanol–water partition coefficient (Wildman–Crippen LogP) is 2.33. The van der Waals surface area contributed by atoms with E-state index in [0.717, 1.165) is 6.07 Å². The molecule has 2 aromatic rings. The quantitative estimate of drug-likeness (QED) is 0.927. The highest BCUT2D eigenvalue weighted by Crippen LogP contribution is 2.17. The Kier molecular flexibility index (Phi) is 3.29. The lowest BCUT2D eigenvalue weighted by Gasteiger charge is -2.08. The van der Waals surface area contributed by atoms with E-state index < -0.39 is 15.8 Å². The number of halogens is 1. The van der Waals surface area contributed by atoms with Gasteiger partial charge < -0.3 is 0 Å². The number of aromatic nitrogens is 1. The van der Waals surface area contributed by atoms with Crippen molar-refractivity contribution in [1.82, 2.24) is 4.98 Å². The summed E-state index contributed by atoms with van der Waals surface area (Å²) in [6.07, 6.45) is 2.91. The van der Waals surface area contributed by atoms with E-state index in [2.05, 4.69) is 9.71 Å². The van der Waals surface area contributed by atoms with Crippen molar-refractivity contribution >= 4 is 15.7 Å². The average molecular weight is 266 g/mol. The molecular weight excluding hydrogens is 255 g/mol. The summed E-state index contributed by atoms with van der Waals surface area (Å²) < 4.78 is 39.6. The van der Waals surface area contributed by atoms with Gasteiger partial charge in [0.25, 0.3) is 10.0 Å². The first-order valence-electron chi connectivity index (χ1n) is 5.18. The Bertz CT molecular complexity index is 657. The van der Waals surface area contributed by atoms with Gasteiger partial charge in [-0.15, -0.1) is 0 Å². The number of anilines is 1. The number of rotatable bonds is 3. The normalized spacial score (nSPS) is 11.2. The van der Waals surface area contributed by atoms with Crippen LogP contribution >= 0.6 is 0 Å². The van der Waals surface area contributed by atoms with Crippen LogP contribution in [0.15, 0.2) is 47.6 Å². The molecule has 0 aliphatic heterocycles. The Morgan fingerprint density at radius 1 is 1.28 bits per heavy atom. The smallest absolute Gasteiger partial charge is 0.262 e. The zero-order chi connectivity index (χ0) is 13.2. The molecule has 0 saturated heterocycles. The lowest BCUT2D eigenvalue weighted by Crippen LogP contribution is -2.13. The van der Waals surface area contributed by atoms with Crippen LogP contribution < -0.4 is 4.72 Å². The molecule has 0 spiro atoms. The van der Waals surface area contributed by atoms with Crippen molar-refractivity contribution < 1.29 is 12.8 Å². The average Bonchev–Trinajstić information content (AvgIpc) is 2.33. The molecule has 1 aromatic carbocycles. The van der Waals surface area contributed by atoms with Crippen LogP contribution in [0.4, 0.5) is 10.1 Å². The molecule has 18 heavy (non-hydrogen) atoms. The van der Waals surface area contributed by atoms with Gasteiger partial charge in [-0.2, -0.15) is 0 Å². The summed E-state index contributed by atoms with van der Waals surface area (Å²) in [7, 11) is -3.78. The maximum Gasteiger partial charge on any atom is 0.262 e. The molecule has 1 N–H and O–H groups in total. The van der Waals surface area contributed by atoms with Gasteiger partial charge in [0.2, 0.25) is 0 Å². The Morgan fingerprint density at radius 2 is 2.06 bits per heavy atom. The second kappa shape index (κ2) is 4.73. The molecule has 0 radical (unpaired) electrons. The van der Waals surface area contributed by atoms with Crippen LogP contribution in [0.5, 0.6) is 0 Å². The van der Waals surface area contributed by atoms with Crippen LogP contribution in [0.2, 0.25) is 0 Å². The van der Waals surface area contributed by atoms with Crippen molar-refractivity contribution in [2.75, 3.05) is 4.72 Å². The van der Waals surface area contributed by atoms with Crippen molar-refractivity contribution in [2.24, 2.45) is 0 Å². The number of sulfonamides is 1. The third kappa shape index (κ3) is 2.65. The van der Waals surface area contributed by atoms with Crippen molar-refractivity contribution in [3.05, 3.63) is 54.1 Å². The zero-order valence-corrected chi connectivity index (χ0v) is 10.4. The number of nitrogens with zero attached hydrogens (tertiary/aromatic N) is 1. The Balaban J connectivity index is 2.34. The molecule has 0 saturated carbocycles. The van der Waals surface area contributed by atoms with E-state index in [1.54, 1.807) is 19.1 Å². The molecule has 6 heteroatoms. The van der Waals surface area contributed by atoms with Crippen LogP contribution in [0, 0.1) is 12.7 Å². The molecule has 0 aliphatic rings. The topological polar surface area (TPSA) is 59.1 Å². The Hall–Kier alpha value is -1.95. The highest BCUT2D eigenvalue weighted by Gasteiger charge is 2.15. The van der Waals surface area contributed by atoms with Crippen LogP contribution in [0.25, 0.3) is 0 Å². The number of pyridine rings is 1. The maximum atomic E-state index is 13.3. The fourth-order valence-electron chi connectivity index (χ4n) is 1.38. The van der Waals surface area contributed by atoms with Gasteiger partial charge in [0.1, 0.15) is 5.82 Å². The molecule has 0 aliphatic carbocycles. The third-order valence-corrected chi connectivity index (χ3v) is 3.75. The van der Waals surface area contributed by atoms with Gasteiger partial charge in [0.05, 0.1) is 16.8 Å². The molecule has 1 aromatic heterocycles.